The summed E-state index contributed by atoms with van der Waals surface area (Å²) in [5, 5.41) is 0. The van der Waals surface area contributed by atoms with E-state index in [4.69, 9.17) is 9.47 Å². The van der Waals surface area contributed by atoms with Crippen LogP contribution in [0.25, 0.3) is 0 Å². The molecule has 1 heterocycles. The summed E-state index contributed by atoms with van der Waals surface area (Å²) in [5.41, 5.74) is 0.744. The lowest BCUT2D eigenvalue weighted by Gasteiger charge is -2.33. The standard InChI is InChI=1S/C19H27NO3/c1-19(2,3)23-17-16-11-7-10-15(16)12-20(17)18(21)22-13-14-8-5-4-6-9-14/h4-6,8-9,15-17H,7,10-13H2,1-3H3/t15-,16-,17?/m0/s1. The van der Waals surface area contributed by atoms with Crippen molar-refractivity contribution in [2.24, 2.45) is 11.8 Å². The first-order valence-electron chi connectivity index (χ1n) is 8.59. The van der Waals surface area contributed by atoms with Crippen molar-refractivity contribution < 1.29 is 14.3 Å². The molecule has 0 aromatic heterocycles. The van der Waals surface area contributed by atoms with Gasteiger partial charge in [0.05, 0.1) is 5.60 Å². The lowest BCUT2D eigenvalue weighted by Crippen LogP contribution is -2.44. The number of hydrogen-bond acceptors (Lipinski definition) is 3. The molecule has 1 aliphatic carbocycles. The molecule has 1 amide bonds. The second kappa shape index (κ2) is 6.52. The van der Waals surface area contributed by atoms with Gasteiger partial charge in [-0.25, -0.2) is 4.79 Å². The van der Waals surface area contributed by atoms with Crippen LogP contribution >= 0.6 is 0 Å². The van der Waals surface area contributed by atoms with Crippen LogP contribution in [0.3, 0.4) is 0 Å². The third-order valence-electron chi connectivity index (χ3n) is 4.74. The predicted octanol–water partition coefficient (Wildman–Crippen LogP) is 4.20. The van der Waals surface area contributed by atoms with Crippen LogP contribution in [0, 0.1) is 11.8 Å². The summed E-state index contributed by atoms with van der Waals surface area (Å²) in [6.07, 6.45) is 3.18. The van der Waals surface area contributed by atoms with Crippen molar-refractivity contribution in [1.82, 2.24) is 4.90 Å². The highest BCUT2D eigenvalue weighted by Crippen LogP contribution is 2.43. The van der Waals surface area contributed by atoms with E-state index in [2.05, 4.69) is 0 Å². The maximum atomic E-state index is 12.6. The van der Waals surface area contributed by atoms with E-state index in [0.29, 0.717) is 18.4 Å². The fourth-order valence-electron chi connectivity index (χ4n) is 3.75. The number of likely N-dealkylation sites (tertiary alicyclic amines) is 1. The van der Waals surface area contributed by atoms with Gasteiger partial charge in [0.1, 0.15) is 12.8 Å². The monoisotopic (exact) mass is 317 g/mol. The zero-order chi connectivity index (χ0) is 16.4. The highest BCUT2D eigenvalue weighted by atomic mass is 16.6. The molecular weight excluding hydrogens is 290 g/mol. The molecule has 1 aromatic rings. The fourth-order valence-corrected chi connectivity index (χ4v) is 3.75. The van der Waals surface area contributed by atoms with Crippen molar-refractivity contribution in [3.63, 3.8) is 0 Å². The Bertz CT molecular complexity index is 537. The van der Waals surface area contributed by atoms with Crippen molar-refractivity contribution in [1.29, 1.82) is 0 Å². The second-order valence-electron chi connectivity index (χ2n) is 7.67. The molecule has 1 saturated carbocycles. The number of ether oxygens (including phenoxy) is 2. The Morgan fingerprint density at radius 2 is 1.96 bits per heavy atom. The molecule has 4 nitrogen and oxygen atoms in total. The van der Waals surface area contributed by atoms with Crippen LogP contribution in [0.1, 0.15) is 45.6 Å². The topological polar surface area (TPSA) is 38.8 Å². The molecule has 0 N–H and O–H groups in total. The lowest BCUT2D eigenvalue weighted by atomic mass is 9.99. The van der Waals surface area contributed by atoms with Gasteiger partial charge in [0.25, 0.3) is 0 Å². The number of amides is 1. The van der Waals surface area contributed by atoms with E-state index in [9.17, 15) is 4.79 Å². The number of rotatable bonds is 3. The summed E-state index contributed by atoms with van der Waals surface area (Å²) < 4.78 is 11.8. The molecule has 0 bridgehead atoms. The molecule has 3 atom stereocenters. The van der Waals surface area contributed by atoms with Gasteiger partial charge in [-0.05, 0) is 45.1 Å². The van der Waals surface area contributed by atoms with Crippen molar-refractivity contribution in [3.8, 4) is 0 Å². The maximum Gasteiger partial charge on any atom is 0.412 e. The summed E-state index contributed by atoms with van der Waals surface area (Å²) in [5.74, 6) is 1.02. The molecule has 4 heteroatoms. The molecule has 1 aliphatic heterocycles. The van der Waals surface area contributed by atoms with Gasteiger partial charge in [0.15, 0.2) is 0 Å². The molecular formula is C19H27NO3. The molecule has 0 spiro atoms. The molecule has 23 heavy (non-hydrogen) atoms. The zero-order valence-corrected chi connectivity index (χ0v) is 14.3. The number of carbonyl (C=O) groups excluding carboxylic acids is 1. The van der Waals surface area contributed by atoms with Gasteiger partial charge >= 0.3 is 6.09 Å². The van der Waals surface area contributed by atoms with E-state index >= 15 is 0 Å². The van der Waals surface area contributed by atoms with E-state index in [-0.39, 0.29) is 17.9 Å². The average Bonchev–Trinajstić information content (AvgIpc) is 3.07. The molecule has 1 aromatic carbocycles. The van der Waals surface area contributed by atoms with E-state index in [1.807, 2.05) is 56.0 Å². The van der Waals surface area contributed by atoms with Crippen molar-refractivity contribution in [2.75, 3.05) is 6.54 Å². The van der Waals surface area contributed by atoms with Crippen molar-refractivity contribution in [3.05, 3.63) is 35.9 Å². The van der Waals surface area contributed by atoms with Gasteiger partial charge in [-0.3, -0.25) is 4.90 Å². The Kier molecular flexibility index (Phi) is 4.62. The fraction of sp³-hybridized carbons (Fsp3) is 0.632. The highest BCUT2D eigenvalue weighted by molar-refractivity contribution is 5.68. The van der Waals surface area contributed by atoms with Crippen molar-refractivity contribution >= 4 is 6.09 Å². The minimum atomic E-state index is -0.264. The van der Waals surface area contributed by atoms with E-state index in [1.54, 1.807) is 0 Å². The Labute approximate surface area is 138 Å². The summed E-state index contributed by atoms with van der Waals surface area (Å²) in [7, 11) is 0. The molecule has 1 saturated heterocycles. The van der Waals surface area contributed by atoms with Gasteiger partial charge in [-0.15, -0.1) is 0 Å². The van der Waals surface area contributed by atoms with Crippen molar-refractivity contribution in [2.45, 2.75) is 58.5 Å². The first-order chi connectivity index (χ1) is 10.9. The molecule has 2 fully saturated rings. The van der Waals surface area contributed by atoms with Gasteiger partial charge < -0.3 is 9.47 Å². The smallest absolute Gasteiger partial charge is 0.412 e. The van der Waals surface area contributed by atoms with Crippen LogP contribution < -0.4 is 0 Å². The lowest BCUT2D eigenvalue weighted by molar-refractivity contribution is -0.128. The normalized spacial score (nSPS) is 27.1. The van der Waals surface area contributed by atoms with E-state index in [1.165, 1.54) is 12.8 Å². The molecule has 2 aliphatic rings. The molecule has 126 valence electrons. The molecule has 0 radical (unpaired) electrons. The van der Waals surface area contributed by atoms with Gasteiger partial charge in [0, 0.05) is 12.5 Å². The molecule has 3 rings (SSSR count). The van der Waals surface area contributed by atoms with Crippen LogP contribution in [-0.4, -0.2) is 29.4 Å². The van der Waals surface area contributed by atoms with Crippen LogP contribution in [0.15, 0.2) is 30.3 Å². The van der Waals surface area contributed by atoms with Gasteiger partial charge in [0.2, 0.25) is 0 Å². The van der Waals surface area contributed by atoms with Crippen LogP contribution in [0.4, 0.5) is 4.79 Å². The quantitative estimate of drug-likeness (QED) is 0.839. The maximum absolute atomic E-state index is 12.6. The average molecular weight is 317 g/mol. The largest absolute Gasteiger partial charge is 0.444 e. The Balaban J connectivity index is 1.65. The number of nitrogens with zero attached hydrogens (tertiary/aromatic N) is 1. The second-order valence-corrected chi connectivity index (χ2v) is 7.67. The van der Waals surface area contributed by atoms with Crippen LogP contribution in [0.5, 0.6) is 0 Å². The summed E-state index contributed by atoms with van der Waals surface area (Å²) >= 11 is 0. The predicted molar refractivity (Wildman–Crippen MR) is 88.8 cm³/mol. The first-order valence-corrected chi connectivity index (χ1v) is 8.59. The third-order valence-corrected chi connectivity index (χ3v) is 4.74. The van der Waals surface area contributed by atoms with Gasteiger partial charge in [-0.2, -0.15) is 0 Å². The Morgan fingerprint density at radius 1 is 1.22 bits per heavy atom. The highest BCUT2D eigenvalue weighted by Gasteiger charge is 2.48. The number of fused-ring (bicyclic) bond motifs is 1. The summed E-state index contributed by atoms with van der Waals surface area (Å²) in [4.78, 5) is 14.4. The Morgan fingerprint density at radius 3 is 2.65 bits per heavy atom. The van der Waals surface area contributed by atoms with Gasteiger partial charge in [-0.1, -0.05) is 36.8 Å². The number of hydrogen-bond donors (Lipinski definition) is 0. The van der Waals surface area contributed by atoms with Crippen LogP contribution in [-0.2, 0) is 16.1 Å². The minimum absolute atomic E-state index is 0.147. The number of benzene rings is 1. The Hall–Kier alpha value is -1.55. The SMILES string of the molecule is CC(C)(C)OC1[C@H]2CCC[C@H]2CN1C(=O)OCc1ccccc1. The zero-order valence-electron chi connectivity index (χ0n) is 14.3. The minimum Gasteiger partial charge on any atom is -0.444 e. The summed E-state index contributed by atoms with van der Waals surface area (Å²) in [6.45, 7) is 7.21. The van der Waals surface area contributed by atoms with E-state index in [0.717, 1.165) is 18.5 Å². The van der Waals surface area contributed by atoms with Crippen LogP contribution in [0.2, 0.25) is 0 Å². The van der Waals surface area contributed by atoms with E-state index < -0.39 is 0 Å². The molecule has 1 unspecified atom stereocenters. The third kappa shape index (κ3) is 3.86. The summed E-state index contributed by atoms with van der Waals surface area (Å²) in [6, 6.07) is 9.80. The number of carbonyl (C=O) groups is 1. The first kappa shape index (κ1) is 16.3.